The first-order chi connectivity index (χ1) is 12.3. The van der Waals surface area contributed by atoms with Gasteiger partial charge in [-0.15, -0.1) is 0 Å². The Kier molecular flexibility index (Phi) is 4.12. The molecule has 0 fully saturated rings. The molecule has 4 rings (SSSR count). The van der Waals surface area contributed by atoms with E-state index in [-0.39, 0.29) is 11.9 Å². The maximum Gasteiger partial charge on any atom is 0.271 e. The van der Waals surface area contributed by atoms with E-state index in [1.54, 1.807) is 18.6 Å². The van der Waals surface area contributed by atoms with Gasteiger partial charge in [-0.1, -0.05) is 0 Å². The van der Waals surface area contributed by atoms with Gasteiger partial charge in [-0.25, -0.2) is 15.0 Å². The first kappa shape index (κ1) is 15.3. The molecule has 25 heavy (non-hydrogen) atoms. The summed E-state index contributed by atoms with van der Waals surface area (Å²) in [5, 5.41) is 3.02. The van der Waals surface area contributed by atoms with Crippen LogP contribution in [0.15, 0.2) is 49.3 Å². The molecule has 7 heteroatoms. The Morgan fingerprint density at radius 2 is 2.00 bits per heavy atom. The molecule has 3 aromatic rings. The van der Waals surface area contributed by atoms with Crippen LogP contribution in [-0.4, -0.2) is 30.8 Å². The smallest absolute Gasteiger partial charge is 0.271 e. The predicted octanol–water partition coefficient (Wildman–Crippen LogP) is 2.14. The lowest BCUT2D eigenvalue weighted by Crippen LogP contribution is -2.32. The molecule has 3 heterocycles. The van der Waals surface area contributed by atoms with Gasteiger partial charge in [0.05, 0.1) is 12.2 Å². The number of amides is 1. The molecular weight excluding hydrogens is 316 g/mol. The highest BCUT2D eigenvalue weighted by Gasteiger charge is 2.24. The number of nitrogens with zero attached hydrogens (tertiary/aromatic N) is 5. The first-order valence-corrected chi connectivity index (χ1v) is 8.14. The average Bonchev–Trinajstić information content (AvgIpc) is 2.69. The number of fused-ring (bicyclic) bond motifs is 1. The van der Waals surface area contributed by atoms with Crippen molar-refractivity contribution in [3.8, 4) is 11.4 Å². The lowest BCUT2D eigenvalue weighted by molar-refractivity contribution is 0.0927. The molecule has 0 spiro atoms. The summed E-state index contributed by atoms with van der Waals surface area (Å²) in [5.74, 6) is 0.426. The normalized spacial score (nSPS) is 16.1. The van der Waals surface area contributed by atoms with Crippen molar-refractivity contribution in [1.82, 2.24) is 30.2 Å². The van der Waals surface area contributed by atoms with Crippen LogP contribution in [0.5, 0.6) is 0 Å². The molecule has 0 saturated heterocycles. The summed E-state index contributed by atoms with van der Waals surface area (Å²) in [6.45, 7) is 0. The van der Waals surface area contributed by atoms with Gasteiger partial charge in [-0.2, -0.15) is 0 Å². The van der Waals surface area contributed by atoms with Crippen LogP contribution < -0.4 is 5.32 Å². The molecule has 0 unspecified atom stereocenters. The molecule has 7 nitrogen and oxygen atoms in total. The van der Waals surface area contributed by atoms with E-state index in [1.165, 1.54) is 12.4 Å². The van der Waals surface area contributed by atoms with Crippen molar-refractivity contribution in [2.24, 2.45) is 0 Å². The summed E-state index contributed by atoms with van der Waals surface area (Å²) in [6, 6.07) is 3.69. The van der Waals surface area contributed by atoms with Crippen molar-refractivity contribution in [2.45, 2.75) is 25.3 Å². The number of carbonyl (C=O) groups excluding carboxylic acids is 1. The minimum Gasteiger partial charge on any atom is -0.344 e. The zero-order valence-electron chi connectivity index (χ0n) is 13.5. The fraction of sp³-hybridized carbons (Fsp3) is 0.222. The van der Waals surface area contributed by atoms with E-state index in [0.29, 0.717) is 11.5 Å². The van der Waals surface area contributed by atoms with Crippen molar-refractivity contribution in [3.05, 3.63) is 66.3 Å². The summed E-state index contributed by atoms with van der Waals surface area (Å²) >= 11 is 0. The zero-order chi connectivity index (χ0) is 17.1. The molecule has 1 aliphatic carbocycles. The van der Waals surface area contributed by atoms with Crippen LogP contribution in [-0.2, 0) is 6.42 Å². The van der Waals surface area contributed by atoms with Crippen LogP contribution in [0.2, 0.25) is 0 Å². The predicted molar refractivity (Wildman–Crippen MR) is 90.4 cm³/mol. The summed E-state index contributed by atoms with van der Waals surface area (Å²) < 4.78 is 0. The van der Waals surface area contributed by atoms with Gasteiger partial charge in [0, 0.05) is 47.8 Å². The maximum absolute atomic E-state index is 12.3. The highest BCUT2D eigenvalue weighted by Crippen LogP contribution is 2.29. The van der Waals surface area contributed by atoms with E-state index in [0.717, 1.165) is 36.1 Å². The Morgan fingerprint density at radius 1 is 1.08 bits per heavy atom. The van der Waals surface area contributed by atoms with Gasteiger partial charge >= 0.3 is 0 Å². The van der Waals surface area contributed by atoms with Gasteiger partial charge in [0.2, 0.25) is 0 Å². The van der Waals surface area contributed by atoms with Crippen LogP contribution in [0.3, 0.4) is 0 Å². The second-order valence-corrected chi connectivity index (χ2v) is 5.85. The van der Waals surface area contributed by atoms with E-state index >= 15 is 0 Å². The van der Waals surface area contributed by atoms with Crippen molar-refractivity contribution >= 4 is 5.91 Å². The van der Waals surface area contributed by atoms with Crippen molar-refractivity contribution in [3.63, 3.8) is 0 Å². The van der Waals surface area contributed by atoms with Crippen LogP contribution in [0.1, 0.15) is 40.6 Å². The second kappa shape index (κ2) is 6.72. The number of rotatable bonds is 3. The van der Waals surface area contributed by atoms with Gasteiger partial charge in [0.25, 0.3) is 5.91 Å². The minimum atomic E-state index is -0.234. The lowest BCUT2D eigenvalue weighted by Gasteiger charge is -2.25. The van der Waals surface area contributed by atoms with Gasteiger partial charge in [0.1, 0.15) is 5.69 Å². The van der Waals surface area contributed by atoms with E-state index < -0.39 is 0 Å². The second-order valence-electron chi connectivity index (χ2n) is 5.85. The number of hydrogen-bond acceptors (Lipinski definition) is 6. The number of aromatic nitrogens is 5. The summed E-state index contributed by atoms with van der Waals surface area (Å²) in [5.41, 5.74) is 3.14. The number of carbonyl (C=O) groups is 1. The van der Waals surface area contributed by atoms with Crippen molar-refractivity contribution < 1.29 is 4.79 Å². The fourth-order valence-corrected chi connectivity index (χ4v) is 2.98. The Labute approximate surface area is 144 Å². The maximum atomic E-state index is 12.3. The monoisotopic (exact) mass is 332 g/mol. The third-order valence-electron chi connectivity index (χ3n) is 4.20. The molecule has 1 amide bonds. The molecule has 1 aliphatic rings. The van der Waals surface area contributed by atoms with Gasteiger partial charge in [-0.3, -0.25) is 14.8 Å². The molecular formula is C18H16N6O. The molecule has 124 valence electrons. The quantitative estimate of drug-likeness (QED) is 0.790. The first-order valence-electron chi connectivity index (χ1n) is 8.14. The van der Waals surface area contributed by atoms with E-state index in [1.807, 2.05) is 18.3 Å². The molecule has 0 radical (unpaired) electrons. The fourth-order valence-electron chi connectivity index (χ4n) is 2.98. The standard InChI is InChI=1S/C18H16N6O/c25-18(16-11-20-7-8-21-16)24-15-5-1-4-14-13(15)10-22-17(23-14)12-3-2-6-19-9-12/h2-3,6-11,15H,1,4-5H2,(H,24,25)/t15-/m1/s1. The molecule has 0 saturated carbocycles. The minimum absolute atomic E-state index is 0.110. The molecule has 3 aromatic heterocycles. The largest absolute Gasteiger partial charge is 0.344 e. The topological polar surface area (TPSA) is 93.6 Å². The number of nitrogens with one attached hydrogen (secondary N) is 1. The van der Waals surface area contributed by atoms with E-state index in [2.05, 4.69) is 30.2 Å². The van der Waals surface area contributed by atoms with Gasteiger partial charge in [-0.05, 0) is 31.4 Å². The molecule has 1 atom stereocenters. The average molecular weight is 332 g/mol. The SMILES string of the molecule is O=C(N[C@@H]1CCCc2nc(-c3cccnc3)ncc21)c1cnccn1. The van der Waals surface area contributed by atoms with E-state index in [9.17, 15) is 4.79 Å². The van der Waals surface area contributed by atoms with Crippen LogP contribution in [0, 0.1) is 0 Å². The molecule has 0 aliphatic heterocycles. The molecule has 1 N–H and O–H groups in total. The Balaban J connectivity index is 1.59. The van der Waals surface area contributed by atoms with Crippen LogP contribution in [0.4, 0.5) is 0 Å². The summed E-state index contributed by atoms with van der Waals surface area (Å²) in [6.07, 6.45) is 12.5. The van der Waals surface area contributed by atoms with E-state index in [4.69, 9.17) is 0 Å². The lowest BCUT2D eigenvalue weighted by atomic mass is 9.92. The number of hydrogen-bond donors (Lipinski definition) is 1. The third-order valence-corrected chi connectivity index (χ3v) is 4.20. The van der Waals surface area contributed by atoms with Crippen LogP contribution in [0.25, 0.3) is 11.4 Å². The van der Waals surface area contributed by atoms with Crippen molar-refractivity contribution in [1.29, 1.82) is 0 Å². The Morgan fingerprint density at radius 3 is 2.80 bits per heavy atom. The van der Waals surface area contributed by atoms with Crippen molar-refractivity contribution in [2.75, 3.05) is 0 Å². The molecule has 0 aromatic carbocycles. The third kappa shape index (κ3) is 3.21. The highest BCUT2D eigenvalue weighted by atomic mass is 16.1. The summed E-state index contributed by atoms with van der Waals surface area (Å²) in [4.78, 5) is 33.6. The Hall–Kier alpha value is -3.22. The number of pyridine rings is 1. The number of aryl methyl sites for hydroxylation is 1. The van der Waals surface area contributed by atoms with Gasteiger partial charge in [0.15, 0.2) is 5.82 Å². The van der Waals surface area contributed by atoms with Crippen LogP contribution >= 0.6 is 0 Å². The highest BCUT2D eigenvalue weighted by molar-refractivity contribution is 5.92. The summed E-state index contributed by atoms with van der Waals surface area (Å²) in [7, 11) is 0. The van der Waals surface area contributed by atoms with Gasteiger partial charge < -0.3 is 5.32 Å². The zero-order valence-corrected chi connectivity index (χ0v) is 13.5. The molecule has 0 bridgehead atoms. The Bertz CT molecular complexity index is 885.